The second-order valence-electron chi connectivity index (χ2n) is 22.3. The molecular formula is C76H79N. The number of fused-ring (bicyclic) bond motifs is 6. The summed E-state index contributed by atoms with van der Waals surface area (Å²) in [4.78, 5) is 2.53. The summed E-state index contributed by atoms with van der Waals surface area (Å²) in [7, 11) is 0. The molecule has 9 aromatic carbocycles. The van der Waals surface area contributed by atoms with E-state index in [0.29, 0.717) is 0 Å². The van der Waals surface area contributed by atoms with Gasteiger partial charge in [0.25, 0.3) is 0 Å². The van der Waals surface area contributed by atoms with Crippen molar-refractivity contribution in [3.05, 3.63) is 279 Å². The van der Waals surface area contributed by atoms with E-state index in [0.717, 1.165) is 42.7 Å². The third kappa shape index (κ3) is 9.81. The molecular weight excluding hydrogens is 927 g/mol. The molecule has 0 spiro atoms. The molecule has 0 atom stereocenters. The zero-order valence-corrected chi connectivity index (χ0v) is 46.5. The van der Waals surface area contributed by atoms with Crippen LogP contribution in [0, 0.1) is 0 Å². The van der Waals surface area contributed by atoms with E-state index in [2.05, 4.69) is 245 Å². The van der Waals surface area contributed by atoms with Gasteiger partial charge in [0.05, 0.1) is 10.8 Å². The Morgan fingerprint density at radius 1 is 0.260 bits per heavy atom. The summed E-state index contributed by atoms with van der Waals surface area (Å²) in [5.74, 6) is 0. The summed E-state index contributed by atoms with van der Waals surface area (Å²) in [5.41, 5.74) is 23.9. The van der Waals surface area contributed by atoms with Gasteiger partial charge >= 0.3 is 0 Å². The molecule has 0 N–H and O–H groups in total. The maximum atomic E-state index is 2.55. The average Bonchev–Trinajstić information content (AvgIpc) is 4.08. The van der Waals surface area contributed by atoms with Crippen molar-refractivity contribution in [1.82, 2.24) is 0 Å². The first-order valence-corrected chi connectivity index (χ1v) is 29.7. The highest BCUT2D eigenvalue weighted by Gasteiger charge is 2.48. The van der Waals surface area contributed by atoms with Crippen LogP contribution >= 0.6 is 0 Å². The van der Waals surface area contributed by atoms with Gasteiger partial charge in [0.15, 0.2) is 0 Å². The number of hydrogen-bond donors (Lipinski definition) is 0. The first-order valence-electron chi connectivity index (χ1n) is 29.7. The molecule has 0 aliphatic heterocycles. The second-order valence-corrected chi connectivity index (χ2v) is 22.3. The van der Waals surface area contributed by atoms with Crippen LogP contribution in [-0.2, 0) is 36.5 Å². The summed E-state index contributed by atoms with van der Waals surface area (Å²) in [6, 6.07) is 83.3. The van der Waals surface area contributed by atoms with E-state index in [-0.39, 0.29) is 0 Å². The Labute approximate surface area is 462 Å². The quantitative estimate of drug-likeness (QED) is 0.0577. The predicted octanol–water partition coefficient (Wildman–Crippen LogP) is 20.8. The number of aryl methyl sites for hydroxylation is 4. The molecule has 11 rings (SSSR count). The fraction of sp³-hybridized carbons (Fsp3) is 0.289. The maximum absolute atomic E-state index is 2.55. The van der Waals surface area contributed by atoms with Gasteiger partial charge in [0.2, 0.25) is 0 Å². The molecule has 388 valence electrons. The Kier molecular flexibility index (Phi) is 15.9. The number of benzene rings is 9. The molecule has 0 aromatic heterocycles. The van der Waals surface area contributed by atoms with E-state index >= 15 is 0 Å². The van der Waals surface area contributed by atoms with Crippen molar-refractivity contribution in [3.8, 4) is 22.3 Å². The molecule has 1 nitrogen and oxygen atoms in total. The molecule has 0 bridgehead atoms. The number of unbranched alkanes of at least 4 members (excludes halogenated alkanes) is 8. The number of para-hydroxylation sites is 1. The van der Waals surface area contributed by atoms with Crippen LogP contribution in [0.3, 0.4) is 0 Å². The zero-order chi connectivity index (χ0) is 52.6. The van der Waals surface area contributed by atoms with E-state index in [9.17, 15) is 0 Å². The lowest BCUT2D eigenvalue weighted by atomic mass is 9.67. The van der Waals surface area contributed by atoms with Crippen LogP contribution in [0.2, 0.25) is 0 Å². The standard InChI is InChI=1S/C76H79N/c1-5-9-14-24-56-34-42-60(43-35-56)75(61-44-36-57(37-45-61)25-15-10-6-2)71-32-22-20-30-67(71)69-52-50-65(54-73(69)75)77(64-28-18-13-19-29-64)66-51-53-70-68-31-21-23-33-72(68)76(74(70)55-66,62-46-38-58(39-47-62)26-16-11-7-3)63-48-40-59(41-49-63)27-17-12-8-4/h13,18-23,28-55H,5-12,14-17,24-27H2,1-4H3. The SMILES string of the molecule is CCCCCc1ccc(C2(c3ccc(CCCCC)cc3)c3ccccc3-c3ccc(N(c4ccccc4)c4ccc5c(c4)C(c4ccc(CCCCC)cc4)(c4ccc(CCCCC)cc4)c4ccccc4-5)cc32)cc1. The van der Waals surface area contributed by atoms with Gasteiger partial charge in [0, 0.05) is 17.1 Å². The third-order valence-electron chi connectivity index (χ3n) is 17.4. The number of anilines is 3. The lowest BCUT2D eigenvalue weighted by molar-refractivity contribution is 0.714. The Hall–Kier alpha value is -7.22. The summed E-state index contributed by atoms with van der Waals surface area (Å²) >= 11 is 0. The van der Waals surface area contributed by atoms with Crippen molar-refractivity contribution in [2.24, 2.45) is 0 Å². The summed E-state index contributed by atoms with van der Waals surface area (Å²) < 4.78 is 0. The molecule has 0 saturated carbocycles. The van der Waals surface area contributed by atoms with E-state index in [4.69, 9.17) is 0 Å². The smallest absolute Gasteiger partial charge is 0.0714 e. The van der Waals surface area contributed by atoms with Crippen molar-refractivity contribution in [3.63, 3.8) is 0 Å². The van der Waals surface area contributed by atoms with Gasteiger partial charge in [-0.1, -0.05) is 255 Å². The van der Waals surface area contributed by atoms with Gasteiger partial charge in [0.1, 0.15) is 0 Å². The lowest BCUT2D eigenvalue weighted by Crippen LogP contribution is -2.29. The van der Waals surface area contributed by atoms with Crippen molar-refractivity contribution in [2.45, 2.75) is 141 Å². The van der Waals surface area contributed by atoms with E-state index < -0.39 is 10.8 Å². The highest BCUT2D eigenvalue weighted by molar-refractivity contribution is 5.92. The normalized spacial score (nSPS) is 13.5. The van der Waals surface area contributed by atoms with Gasteiger partial charge in [-0.3, -0.25) is 0 Å². The highest BCUT2D eigenvalue weighted by atomic mass is 15.1. The topological polar surface area (TPSA) is 3.24 Å². The first kappa shape index (κ1) is 51.9. The average molecular weight is 1010 g/mol. The molecule has 77 heavy (non-hydrogen) atoms. The Morgan fingerprint density at radius 2 is 0.558 bits per heavy atom. The van der Waals surface area contributed by atoms with Crippen molar-refractivity contribution >= 4 is 17.1 Å². The van der Waals surface area contributed by atoms with Gasteiger partial charge in [-0.05, 0) is 177 Å². The summed E-state index contributed by atoms with van der Waals surface area (Å²) in [5, 5.41) is 0. The Balaban J connectivity index is 1.11. The summed E-state index contributed by atoms with van der Waals surface area (Å²) in [6.07, 6.45) is 19.3. The fourth-order valence-corrected chi connectivity index (χ4v) is 13.4. The monoisotopic (exact) mass is 1010 g/mol. The van der Waals surface area contributed by atoms with Crippen molar-refractivity contribution in [2.75, 3.05) is 4.90 Å². The zero-order valence-electron chi connectivity index (χ0n) is 46.5. The van der Waals surface area contributed by atoms with Crippen LogP contribution in [0.5, 0.6) is 0 Å². The van der Waals surface area contributed by atoms with Crippen LogP contribution < -0.4 is 4.90 Å². The largest absolute Gasteiger partial charge is 0.310 e. The van der Waals surface area contributed by atoms with Crippen LogP contribution in [-0.4, -0.2) is 0 Å². The third-order valence-corrected chi connectivity index (χ3v) is 17.4. The van der Waals surface area contributed by atoms with Crippen LogP contribution in [0.25, 0.3) is 22.3 Å². The highest BCUT2D eigenvalue weighted by Crippen LogP contribution is 2.60. The Morgan fingerprint density at radius 3 is 0.883 bits per heavy atom. The molecule has 2 aliphatic carbocycles. The number of nitrogens with zero attached hydrogens (tertiary/aromatic N) is 1. The first-order chi connectivity index (χ1) is 38.0. The molecule has 9 aromatic rings. The predicted molar refractivity (Wildman–Crippen MR) is 329 cm³/mol. The van der Waals surface area contributed by atoms with Crippen LogP contribution in [0.15, 0.2) is 212 Å². The Bertz CT molecular complexity index is 3060. The molecule has 2 aliphatic rings. The molecule has 0 heterocycles. The van der Waals surface area contributed by atoms with Gasteiger partial charge in [-0.25, -0.2) is 0 Å². The van der Waals surface area contributed by atoms with E-state index in [1.54, 1.807) is 0 Å². The van der Waals surface area contributed by atoms with Gasteiger partial charge in [-0.2, -0.15) is 0 Å². The second kappa shape index (κ2) is 23.6. The number of hydrogen-bond acceptors (Lipinski definition) is 1. The molecule has 0 unspecified atom stereocenters. The van der Waals surface area contributed by atoms with Crippen LogP contribution in [0.1, 0.15) is 172 Å². The lowest BCUT2D eigenvalue weighted by Gasteiger charge is -2.36. The molecule has 1 heteroatoms. The maximum Gasteiger partial charge on any atom is 0.0714 e. The molecule has 0 saturated heterocycles. The van der Waals surface area contributed by atoms with Crippen molar-refractivity contribution in [1.29, 1.82) is 0 Å². The summed E-state index contributed by atoms with van der Waals surface area (Å²) in [6.45, 7) is 9.18. The molecule has 0 amide bonds. The van der Waals surface area contributed by atoms with Crippen LogP contribution in [0.4, 0.5) is 17.1 Å². The fourth-order valence-electron chi connectivity index (χ4n) is 13.4. The molecule has 0 radical (unpaired) electrons. The van der Waals surface area contributed by atoms with Gasteiger partial charge < -0.3 is 4.90 Å². The molecule has 0 fully saturated rings. The van der Waals surface area contributed by atoms with Crippen molar-refractivity contribution < 1.29 is 0 Å². The minimum Gasteiger partial charge on any atom is -0.310 e. The minimum atomic E-state index is -0.533. The van der Waals surface area contributed by atoms with E-state index in [1.165, 1.54) is 166 Å². The van der Waals surface area contributed by atoms with Gasteiger partial charge in [-0.15, -0.1) is 0 Å². The minimum absolute atomic E-state index is 0.533. The number of rotatable bonds is 23. The van der Waals surface area contributed by atoms with E-state index in [1.807, 2.05) is 0 Å².